The third-order valence-electron chi connectivity index (χ3n) is 2.89. The summed E-state index contributed by atoms with van der Waals surface area (Å²) in [7, 11) is 1.41. The van der Waals surface area contributed by atoms with E-state index in [2.05, 4.69) is 14.8 Å². The average Bonchev–Trinajstić information content (AvgIpc) is 2.35. The SMILES string of the molecule is COC(=O)c1c[c]([Sn]([CH3])([CH3])[CH3])nc2ccccc12. The summed E-state index contributed by atoms with van der Waals surface area (Å²) >= 11 is -2.30. The number of rotatable bonds is 2. The molecule has 0 bridgehead atoms. The number of para-hydroxylation sites is 1. The van der Waals surface area contributed by atoms with Crippen LogP contribution < -0.4 is 3.71 Å². The van der Waals surface area contributed by atoms with Crippen LogP contribution in [-0.2, 0) is 4.74 Å². The number of pyridine rings is 1. The minimum absolute atomic E-state index is 0.287. The number of methoxy groups -OCH3 is 1. The molecule has 0 fully saturated rings. The Labute approximate surface area is 111 Å². The van der Waals surface area contributed by atoms with Crippen LogP contribution in [0.1, 0.15) is 10.4 Å². The van der Waals surface area contributed by atoms with Gasteiger partial charge in [0, 0.05) is 0 Å². The fraction of sp³-hybridized carbons (Fsp3) is 0.286. The number of hydrogen-bond acceptors (Lipinski definition) is 3. The summed E-state index contributed by atoms with van der Waals surface area (Å²) in [5.41, 5.74) is 1.51. The van der Waals surface area contributed by atoms with E-state index in [1.165, 1.54) is 7.11 Å². The van der Waals surface area contributed by atoms with E-state index < -0.39 is 18.4 Å². The summed E-state index contributed by atoms with van der Waals surface area (Å²) in [6.45, 7) is 0. The van der Waals surface area contributed by atoms with Crippen molar-refractivity contribution in [3.05, 3.63) is 35.9 Å². The topological polar surface area (TPSA) is 39.2 Å². The predicted molar refractivity (Wildman–Crippen MR) is 76.1 cm³/mol. The van der Waals surface area contributed by atoms with Crippen LogP contribution in [0.3, 0.4) is 0 Å². The molecule has 2 rings (SSSR count). The number of hydrogen-bond donors (Lipinski definition) is 0. The van der Waals surface area contributed by atoms with Crippen molar-refractivity contribution in [1.29, 1.82) is 0 Å². The second kappa shape index (κ2) is 4.88. The first-order valence-corrected chi connectivity index (χ1v) is 15.9. The molecule has 1 aromatic heterocycles. The molecule has 4 heteroatoms. The first-order chi connectivity index (χ1) is 8.43. The Hall–Kier alpha value is -1.10. The van der Waals surface area contributed by atoms with Gasteiger partial charge in [-0.3, -0.25) is 0 Å². The maximum atomic E-state index is 11.9. The van der Waals surface area contributed by atoms with Gasteiger partial charge in [0.25, 0.3) is 0 Å². The van der Waals surface area contributed by atoms with Crippen molar-refractivity contribution in [3.8, 4) is 0 Å². The van der Waals surface area contributed by atoms with Crippen LogP contribution in [0.4, 0.5) is 0 Å². The number of nitrogens with zero attached hydrogens (tertiary/aromatic N) is 1. The van der Waals surface area contributed by atoms with E-state index in [1.54, 1.807) is 0 Å². The van der Waals surface area contributed by atoms with Crippen LogP contribution in [0.5, 0.6) is 0 Å². The first-order valence-electron chi connectivity index (χ1n) is 5.92. The molecule has 0 spiro atoms. The molecule has 1 heterocycles. The van der Waals surface area contributed by atoms with Gasteiger partial charge in [-0.15, -0.1) is 0 Å². The number of fused-ring (bicyclic) bond motifs is 1. The molecule has 0 radical (unpaired) electrons. The monoisotopic (exact) mass is 351 g/mol. The molecule has 0 atom stereocenters. The van der Waals surface area contributed by atoms with E-state index in [-0.39, 0.29) is 5.97 Å². The zero-order valence-electron chi connectivity index (χ0n) is 11.2. The van der Waals surface area contributed by atoms with Crippen LogP contribution in [-0.4, -0.2) is 36.4 Å². The zero-order valence-corrected chi connectivity index (χ0v) is 14.0. The van der Waals surface area contributed by atoms with Gasteiger partial charge in [-0.1, -0.05) is 0 Å². The normalized spacial score (nSPS) is 11.6. The molecule has 0 aliphatic heterocycles. The molecular formula is C14H17NO2Sn. The van der Waals surface area contributed by atoms with Gasteiger partial charge in [0.15, 0.2) is 0 Å². The molecule has 3 nitrogen and oxygen atoms in total. The molecule has 2 aromatic rings. The van der Waals surface area contributed by atoms with E-state index >= 15 is 0 Å². The Morgan fingerprint density at radius 1 is 1.22 bits per heavy atom. The molecule has 0 unspecified atom stereocenters. The fourth-order valence-electron chi connectivity index (χ4n) is 1.84. The van der Waals surface area contributed by atoms with Crippen LogP contribution in [0.25, 0.3) is 10.9 Å². The molecule has 0 saturated heterocycles. The van der Waals surface area contributed by atoms with E-state index in [1.807, 2.05) is 30.3 Å². The summed E-state index contributed by atoms with van der Waals surface area (Å²) in [6, 6.07) is 9.64. The van der Waals surface area contributed by atoms with Gasteiger partial charge in [0.05, 0.1) is 0 Å². The number of benzene rings is 1. The Balaban J connectivity index is 2.77. The summed E-state index contributed by atoms with van der Waals surface area (Å²) in [4.78, 5) is 23.4. The van der Waals surface area contributed by atoms with Crippen molar-refractivity contribution in [1.82, 2.24) is 4.98 Å². The standard InChI is InChI=1S/C11H8NO2.3CH3.Sn/c1-14-11(13)9-6-7-12-10-5-3-2-4-8(9)10;;;;/h2-6H,1H3;3*1H3;. The quantitative estimate of drug-likeness (QED) is 0.618. The van der Waals surface area contributed by atoms with Gasteiger partial charge in [0.1, 0.15) is 0 Å². The summed E-state index contributed by atoms with van der Waals surface area (Å²) in [6.07, 6.45) is 0. The second-order valence-corrected chi connectivity index (χ2v) is 19.6. The van der Waals surface area contributed by atoms with Crippen molar-refractivity contribution >= 4 is 39.0 Å². The third-order valence-corrected chi connectivity index (χ3v) is 8.01. The number of carbonyl (C=O) groups excluding carboxylic acids is 1. The molecule has 94 valence electrons. The van der Waals surface area contributed by atoms with E-state index in [0.29, 0.717) is 5.56 Å². The number of esters is 1. The number of aromatic nitrogens is 1. The molecule has 0 aliphatic carbocycles. The van der Waals surface area contributed by atoms with Gasteiger partial charge < -0.3 is 0 Å². The van der Waals surface area contributed by atoms with Crippen LogP contribution in [0, 0.1) is 0 Å². The minimum atomic E-state index is -2.30. The van der Waals surface area contributed by atoms with Crippen LogP contribution in [0.2, 0.25) is 14.8 Å². The van der Waals surface area contributed by atoms with Gasteiger partial charge in [-0.05, 0) is 0 Å². The molecular weight excluding hydrogens is 333 g/mol. The van der Waals surface area contributed by atoms with E-state index in [0.717, 1.165) is 14.6 Å². The van der Waals surface area contributed by atoms with Crippen molar-refractivity contribution in [2.75, 3.05) is 7.11 Å². The van der Waals surface area contributed by atoms with Gasteiger partial charge in [-0.2, -0.15) is 0 Å². The zero-order chi connectivity index (χ0) is 13.3. The fourth-order valence-corrected chi connectivity index (χ4v) is 4.79. The average molecular weight is 350 g/mol. The number of ether oxygens (including phenoxy) is 1. The first kappa shape index (κ1) is 13.3. The molecule has 0 amide bonds. The van der Waals surface area contributed by atoms with Gasteiger partial charge >= 0.3 is 111 Å². The molecule has 0 N–H and O–H groups in total. The maximum absolute atomic E-state index is 11.9. The van der Waals surface area contributed by atoms with Crippen LogP contribution >= 0.6 is 0 Å². The Morgan fingerprint density at radius 2 is 1.89 bits per heavy atom. The van der Waals surface area contributed by atoms with Crippen molar-refractivity contribution in [2.45, 2.75) is 14.8 Å². The Bertz CT molecular complexity index is 602. The third kappa shape index (κ3) is 2.50. The summed E-state index contributed by atoms with van der Waals surface area (Å²) in [5, 5.41) is 0.864. The van der Waals surface area contributed by atoms with Crippen molar-refractivity contribution < 1.29 is 9.53 Å². The summed E-state index contributed by atoms with van der Waals surface area (Å²) < 4.78 is 5.97. The predicted octanol–water partition coefficient (Wildman–Crippen LogP) is 2.57. The molecule has 0 aliphatic rings. The van der Waals surface area contributed by atoms with Crippen molar-refractivity contribution in [3.63, 3.8) is 0 Å². The second-order valence-electron chi connectivity index (χ2n) is 5.31. The molecule has 0 saturated carbocycles. The van der Waals surface area contributed by atoms with E-state index in [9.17, 15) is 4.79 Å². The number of carbonyl (C=O) groups is 1. The van der Waals surface area contributed by atoms with Gasteiger partial charge in [0.2, 0.25) is 0 Å². The van der Waals surface area contributed by atoms with Crippen molar-refractivity contribution in [2.24, 2.45) is 0 Å². The Morgan fingerprint density at radius 3 is 2.50 bits per heavy atom. The van der Waals surface area contributed by atoms with E-state index in [4.69, 9.17) is 9.72 Å². The van der Waals surface area contributed by atoms with Crippen LogP contribution in [0.15, 0.2) is 30.3 Å². The summed E-state index contributed by atoms with van der Waals surface area (Å²) in [5.74, 6) is -0.287. The Kier molecular flexibility index (Phi) is 3.61. The molecule has 18 heavy (non-hydrogen) atoms. The van der Waals surface area contributed by atoms with Gasteiger partial charge in [-0.25, -0.2) is 0 Å². The molecule has 1 aromatic carbocycles.